The van der Waals surface area contributed by atoms with Crippen molar-refractivity contribution in [2.75, 3.05) is 13.2 Å². The van der Waals surface area contributed by atoms with Crippen LogP contribution in [-0.2, 0) is 6.54 Å². The molecule has 1 aromatic heterocycles. The van der Waals surface area contributed by atoms with E-state index < -0.39 is 0 Å². The average Bonchev–Trinajstić information content (AvgIpc) is 2.58. The minimum Gasteiger partial charge on any atom is -0.494 e. The van der Waals surface area contributed by atoms with Crippen molar-refractivity contribution in [2.45, 2.75) is 38.8 Å². The lowest BCUT2D eigenvalue weighted by Crippen LogP contribution is -2.33. The smallest absolute Gasteiger partial charge is 0.123 e. The molecule has 3 rings (SSSR count). The quantitative estimate of drug-likeness (QED) is 0.826. The number of nitrogens with zero attached hydrogens (tertiary/aromatic N) is 2. The zero-order valence-electron chi connectivity index (χ0n) is 13.2. The molecule has 1 aliphatic heterocycles. The van der Waals surface area contributed by atoms with Crippen LogP contribution in [0.5, 0.6) is 5.75 Å². The van der Waals surface area contributed by atoms with Gasteiger partial charge in [-0.2, -0.15) is 0 Å². The SMILES string of the molecule is CCOc1ccccc1CN1CCCCC1c1cccnc1. The Morgan fingerprint density at radius 3 is 2.91 bits per heavy atom. The zero-order valence-corrected chi connectivity index (χ0v) is 13.2. The summed E-state index contributed by atoms with van der Waals surface area (Å²) in [6.07, 6.45) is 7.64. The number of rotatable bonds is 5. The van der Waals surface area contributed by atoms with E-state index in [1.54, 1.807) is 0 Å². The van der Waals surface area contributed by atoms with Gasteiger partial charge in [0.25, 0.3) is 0 Å². The fourth-order valence-electron chi connectivity index (χ4n) is 3.28. The van der Waals surface area contributed by atoms with Crippen molar-refractivity contribution in [3.8, 4) is 5.75 Å². The molecule has 22 heavy (non-hydrogen) atoms. The van der Waals surface area contributed by atoms with Crippen molar-refractivity contribution < 1.29 is 4.74 Å². The normalized spacial score (nSPS) is 19.0. The molecule has 1 saturated heterocycles. The molecule has 2 aromatic rings. The molecule has 1 unspecified atom stereocenters. The topological polar surface area (TPSA) is 25.4 Å². The van der Waals surface area contributed by atoms with Crippen LogP contribution in [0.1, 0.15) is 43.4 Å². The second-order valence-electron chi connectivity index (χ2n) is 5.81. The van der Waals surface area contributed by atoms with Gasteiger partial charge < -0.3 is 4.74 Å². The fourth-order valence-corrected chi connectivity index (χ4v) is 3.28. The second-order valence-corrected chi connectivity index (χ2v) is 5.81. The number of likely N-dealkylation sites (tertiary alicyclic amines) is 1. The van der Waals surface area contributed by atoms with Crippen molar-refractivity contribution in [1.29, 1.82) is 0 Å². The molecule has 0 N–H and O–H groups in total. The Kier molecular flexibility index (Phi) is 5.07. The molecule has 1 atom stereocenters. The molecule has 0 aliphatic carbocycles. The number of hydrogen-bond acceptors (Lipinski definition) is 3. The fraction of sp³-hybridized carbons (Fsp3) is 0.421. The Labute approximate surface area is 132 Å². The van der Waals surface area contributed by atoms with E-state index in [2.05, 4.69) is 34.1 Å². The summed E-state index contributed by atoms with van der Waals surface area (Å²) in [5.41, 5.74) is 2.61. The van der Waals surface area contributed by atoms with Crippen LogP contribution in [0.2, 0.25) is 0 Å². The van der Waals surface area contributed by atoms with Gasteiger partial charge in [0.05, 0.1) is 6.61 Å². The Morgan fingerprint density at radius 2 is 2.09 bits per heavy atom. The molecule has 0 saturated carbocycles. The van der Waals surface area contributed by atoms with E-state index in [1.807, 2.05) is 31.5 Å². The Balaban J connectivity index is 1.80. The lowest BCUT2D eigenvalue weighted by molar-refractivity contribution is 0.138. The largest absolute Gasteiger partial charge is 0.494 e. The molecule has 1 aliphatic rings. The molecule has 0 radical (unpaired) electrons. The van der Waals surface area contributed by atoms with Gasteiger partial charge in [0.1, 0.15) is 5.75 Å². The average molecular weight is 296 g/mol. The summed E-state index contributed by atoms with van der Waals surface area (Å²) in [6.45, 7) is 4.83. The van der Waals surface area contributed by atoms with Gasteiger partial charge in [0.2, 0.25) is 0 Å². The highest BCUT2D eigenvalue weighted by Crippen LogP contribution is 2.33. The highest BCUT2D eigenvalue weighted by Gasteiger charge is 2.24. The van der Waals surface area contributed by atoms with Crippen LogP contribution in [0.4, 0.5) is 0 Å². The molecule has 1 fully saturated rings. The molecule has 0 spiro atoms. The van der Waals surface area contributed by atoms with Gasteiger partial charge in [-0.3, -0.25) is 9.88 Å². The standard InChI is InChI=1S/C19H24N2O/c1-2-22-19-11-4-3-8-17(19)15-21-13-6-5-10-18(21)16-9-7-12-20-14-16/h3-4,7-9,11-12,14,18H,2,5-6,10,13,15H2,1H3. The van der Waals surface area contributed by atoms with Gasteiger partial charge in [-0.25, -0.2) is 0 Å². The van der Waals surface area contributed by atoms with Crippen LogP contribution in [0.15, 0.2) is 48.8 Å². The third-order valence-corrected chi connectivity index (χ3v) is 4.33. The number of piperidine rings is 1. The summed E-state index contributed by atoms with van der Waals surface area (Å²) in [6, 6.07) is 13.1. The van der Waals surface area contributed by atoms with Crippen LogP contribution >= 0.6 is 0 Å². The van der Waals surface area contributed by atoms with Crippen LogP contribution in [0.25, 0.3) is 0 Å². The lowest BCUT2D eigenvalue weighted by Gasteiger charge is -2.36. The van der Waals surface area contributed by atoms with E-state index in [4.69, 9.17) is 4.74 Å². The summed E-state index contributed by atoms with van der Waals surface area (Å²) < 4.78 is 5.78. The van der Waals surface area contributed by atoms with Gasteiger partial charge in [-0.05, 0) is 44.0 Å². The van der Waals surface area contributed by atoms with Crippen molar-refractivity contribution in [2.24, 2.45) is 0 Å². The van der Waals surface area contributed by atoms with Gasteiger partial charge in [0.15, 0.2) is 0 Å². The van der Waals surface area contributed by atoms with Gasteiger partial charge >= 0.3 is 0 Å². The Hall–Kier alpha value is -1.87. The predicted octanol–water partition coefficient (Wildman–Crippen LogP) is 4.21. The van der Waals surface area contributed by atoms with Crippen LogP contribution in [0, 0.1) is 0 Å². The summed E-state index contributed by atoms with van der Waals surface area (Å²) in [7, 11) is 0. The number of benzene rings is 1. The van der Waals surface area contributed by atoms with Crippen LogP contribution in [-0.4, -0.2) is 23.0 Å². The van der Waals surface area contributed by atoms with E-state index in [0.717, 1.165) is 18.8 Å². The van der Waals surface area contributed by atoms with E-state index in [0.29, 0.717) is 12.6 Å². The van der Waals surface area contributed by atoms with Crippen LogP contribution < -0.4 is 4.74 Å². The maximum Gasteiger partial charge on any atom is 0.123 e. The highest BCUT2D eigenvalue weighted by molar-refractivity contribution is 5.33. The predicted molar refractivity (Wildman–Crippen MR) is 88.9 cm³/mol. The van der Waals surface area contributed by atoms with Crippen molar-refractivity contribution in [3.05, 3.63) is 59.9 Å². The maximum atomic E-state index is 5.78. The van der Waals surface area contributed by atoms with Crippen molar-refractivity contribution in [1.82, 2.24) is 9.88 Å². The first-order valence-corrected chi connectivity index (χ1v) is 8.23. The molecule has 1 aromatic carbocycles. The number of pyridine rings is 1. The summed E-state index contributed by atoms with van der Waals surface area (Å²) in [4.78, 5) is 6.86. The van der Waals surface area contributed by atoms with Crippen molar-refractivity contribution in [3.63, 3.8) is 0 Å². The third-order valence-electron chi connectivity index (χ3n) is 4.33. The van der Waals surface area contributed by atoms with Gasteiger partial charge in [-0.1, -0.05) is 30.7 Å². The molecular formula is C19H24N2O. The molecule has 116 valence electrons. The molecular weight excluding hydrogens is 272 g/mol. The minimum atomic E-state index is 0.470. The summed E-state index contributed by atoms with van der Waals surface area (Å²) in [5, 5.41) is 0. The number of hydrogen-bond donors (Lipinski definition) is 0. The monoisotopic (exact) mass is 296 g/mol. The number of aromatic nitrogens is 1. The highest BCUT2D eigenvalue weighted by atomic mass is 16.5. The molecule has 3 nitrogen and oxygen atoms in total. The minimum absolute atomic E-state index is 0.470. The first-order chi connectivity index (χ1) is 10.9. The first-order valence-electron chi connectivity index (χ1n) is 8.23. The number of ether oxygens (including phenoxy) is 1. The number of para-hydroxylation sites is 1. The van der Waals surface area contributed by atoms with E-state index in [-0.39, 0.29) is 0 Å². The lowest BCUT2D eigenvalue weighted by atomic mass is 9.95. The zero-order chi connectivity index (χ0) is 15.2. The molecule has 2 heterocycles. The second kappa shape index (κ2) is 7.41. The van der Waals surface area contributed by atoms with Gasteiger partial charge in [0, 0.05) is 30.5 Å². The summed E-state index contributed by atoms with van der Waals surface area (Å²) >= 11 is 0. The Morgan fingerprint density at radius 1 is 1.18 bits per heavy atom. The molecule has 3 heteroatoms. The first kappa shape index (κ1) is 15.0. The van der Waals surface area contributed by atoms with Crippen molar-refractivity contribution >= 4 is 0 Å². The van der Waals surface area contributed by atoms with E-state index in [1.165, 1.54) is 30.4 Å². The maximum absolute atomic E-state index is 5.78. The Bertz CT molecular complexity index is 585. The van der Waals surface area contributed by atoms with Gasteiger partial charge in [-0.15, -0.1) is 0 Å². The molecule has 0 bridgehead atoms. The van der Waals surface area contributed by atoms with E-state index in [9.17, 15) is 0 Å². The van der Waals surface area contributed by atoms with Crippen LogP contribution in [0.3, 0.4) is 0 Å². The third kappa shape index (κ3) is 3.47. The summed E-state index contributed by atoms with van der Waals surface area (Å²) in [5.74, 6) is 1.01. The van der Waals surface area contributed by atoms with E-state index >= 15 is 0 Å². The molecule has 0 amide bonds.